The Hall–Kier alpha value is -0.760. The van der Waals surface area contributed by atoms with Crippen molar-refractivity contribution in [2.45, 2.75) is 39.8 Å². The molecule has 0 radical (unpaired) electrons. The van der Waals surface area contributed by atoms with Crippen molar-refractivity contribution in [2.24, 2.45) is 5.92 Å². The monoisotopic (exact) mass is 181 g/mol. The quantitative estimate of drug-likeness (QED) is 0.755. The van der Waals surface area contributed by atoms with Crippen LogP contribution in [0.5, 0.6) is 0 Å². The molecule has 0 bridgehead atoms. The highest BCUT2D eigenvalue weighted by Crippen LogP contribution is 2.08. The average molecular weight is 181 g/mol. The third kappa shape index (κ3) is 3.23. The maximum atomic E-state index is 5.23. The summed E-state index contributed by atoms with van der Waals surface area (Å²) in [4.78, 5) is 0. The highest BCUT2D eigenvalue weighted by molar-refractivity contribution is 4.97. The standard InChI is InChI=1S/C11H19NO/c1-4-9(2)10(3)12-8-11-6-5-7-13-11/h5-7,9-10,12H,4,8H2,1-3H3/t9-,10+/m1/s1. The van der Waals surface area contributed by atoms with Crippen LogP contribution in [-0.2, 0) is 6.54 Å². The normalized spacial score (nSPS) is 15.6. The summed E-state index contributed by atoms with van der Waals surface area (Å²) < 4.78 is 5.23. The first-order valence-electron chi connectivity index (χ1n) is 4.99. The number of hydrogen-bond donors (Lipinski definition) is 1. The third-order valence-corrected chi connectivity index (χ3v) is 2.68. The second-order valence-electron chi connectivity index (χ2n) is 3.63. The van der Waals surface area contributed by atoms with Crippen LogP contribution in [-0.4, -0.2) is 6.04 Å². The summed E-state index contributed by atoms with van der Waals surface area (Å²) in [5.41, 5.74) is 0. The van der Waals surface area contributed by atoms with E-state index in [1.54, 1.807) is 6.26 Å². The van der Waals surface area contributed by atoms with Crippen LogP contribution in [0.2, 0.25) is 0 Å². The molecule has 0 saturated heterocycles. The predicted octanol–water partition coefficient (Wildman–Crippen LogP) is 2.80. The van der Waals surface area contributed by atoms with Gasteiger partial charge in [-0.05, 0) is 25.0 Å². The van der Waals surface area contributed by atoms with Crippen molar-refractivity contribution in [3.05, 3.63) is 24.2 Å². The van der Waals surface area contributed by atoms with Gasteiger partial charge in [-0.25, -0.2) is 0 Å². The lowest BCUT2D eigenvalue weighted by Crippen LogP contribution is -2.31. The van der Waals surface area contributed by atoms with E-state index in [-0.39, 0.29) is 0 Å². The lowest BCUT2D eigenvalue weighted by atomic mass is 10.0. The van der Waals surface area contributed by atoms with E-state index in [2.05, 4.69) is 26.1 Å². The minimum absolute atomic E-state index is 0.551. The molecule has 0 aliphatic rings. The first-order chi connectivity index (χ1) is 6.24. The SMILES string of the molecule is CC[C@@H](C)[C@H](C)NCc1ccco1. The first kappa shape index (κ1) is 10.3. The molecule has 0 fully saturated rings. The summed E-state index contributed by atoms with van der Waals surface area (Å²) in [6.45, 7) is 7.53. The number of furan rings is 1. The molecular formula is C11H19NO. The third-order valence-electron chi connectivity index (χ3n) is 2.68. The summed E-state index contributed by atoms with van der Waals surface area (Å²) in [6, 6.07) is 4.47. The van der Waals surface area contributed by atoms with Crippen LogP contribution in [0.1, 0.15) is 33.0 Å². The Bertz CT molecular complexity index is 218. The van der Waals surface area contributed by atoms with Gasteiger partial charge in [0.25, 0.3) is 0 Å². The van der Waals surface area contributed by atoms with E-state index in [1.807, 2.05) is 12.1 Å². The smallest absolute Gasteiger partial charge is 0.117 e. The van der Waals surface area contributed by atoms with Gasteiger partial charge in [0.15, 0.2) is 0 Å². The molecule has 2 nitrogen and oxygen atoms in total. The summed E-state index contributed by atoms with van der Waals surface area (Å²) in [7, 11) is 0. The maximum absolute atomic E-state index is 5.23. The Morgan fingerprint density at radius 2 is 2.23 bits per heavy atom. The molecule has 0 aliphatic heterocycles. The van der Waals surface area contributed by atoms with E-state index >= 15 is 0 Å². The van der Waals surface area contributed by atoms with E-state index in [0.29, 0.717) is 6.04 Å². The predicted molar refractivity (Wildman–Crippen MR) is 54.5 cm³/mol. The van der Waals surface area contributed by atoms with Crippen LogP contribution in [0, 0.1) is 5.92 Å². The number of hydrogen-bond acceptors (Lipinski definition) is 2. The highest BCUT2D eigenvalue weighted by Gasteiger charge is 2.09. The van der Waals surface area contributed by atoms with Gasteiger partial charge in [0.2, 0.25) is 0 Å². The van der Waals surface area contributed by atoms with Crippen LogP contribution in [0.15, 0.2) is 22.8 Å². The van der Waals surface area contributed by atoms with Crippen LogP contribution in [0.25, 0.3) is 0 Å². The van der Waals surface area contributed by atoms with Gasteiger partial charge in [-0.15, -0.1) is 0 Å². The molecule has 74 valence electrons. The molecule has 2 atom stereocenters. The van der Waals surface area contributed by atoms with Gasteiger partial charge in [0.05, 0.1) is 12.8 Å². The fourth-order valence-corrected chi connectivity index (χ4v) is 1.23. The molecule has 1 heterocycles. The molecule has 13 heavy (non-hydrogen) atoms. The number of nitrogens with one attached hydrogen (secondary N) is 1. The van der Waals surface area contributed by atoms with Gasteiger partial charge in [0.1, 0.15) is 5.76 Å². The lowest BCUT2D eigenvalue weighted by Gasteiger charge is -2.18. The first-order valence-corrected chi connectivity index (χ1v) is 4.99. The Morgan fingerprint density at radius 3 is 2.77 bits per heavy atom. The maximum Gasteiger partial charge on any atom is 0.117 e. The molecule has 1 aromatic heterocycles. The molecule has 0 aliphatic carbocycles. The van der Waals surface area contributed by atoms with Crippen molar-refractivity contribution in [2.75, 3.05) is 0 Å². The summed E-state index contributed by atoms with van der Waals surface area (Å²) >= 11 is 0. The molecule has 0 amide bonds. The minimum atomic E-state index is 0.551. The van der Waals surface area contributed by atoms with Crippen LogP contribution in [0.4, 0.5) is 0 Å². The van der Waals surface area contributed by atoms with Crippen molar-refractivity contribution < 1.29 is 4.42 Å². The van der Waals surface area contributed by atoms with Crippen molar-refractivity contribution in [3.8, 4) is 0 Å². The zero-order chi connectivity index (χ0) is 9.68. The molecule has 2 heteroatoms. The van der Waals surface area contributed by atoms with Gasteiger partial charge in [-0.2, -0.15) is 0 Å². The van der Waals surface area contributed by atoms with Crippen molar-refractivity contribution in [1.82, 2.24) is 5.32 Å². The van der Waals surface area contributed by atoms with Gasteiger partial charge in [0, 0.05) is 6.04 Å². The number of rotatable bonds is 5. The van der Waals surface area contributed by atoms with Crippen molar-refractivity contribution in [3.63, 3.8) is 0 Å². The zero-order valence-corrected chi connectivity index (χ0v) is 8.71. The van der Waals surface area contributed by atoms with Gasteiger partial charge < -0.3 is 9.73 Å². The summed E-state index contributed by atoms with van der Waals surface area (Å²) in [6.07, 6.45) is 2.93. The molecular weight excluding hydrogens is 162 g/mol. The van der Waals surface area contributed by atoms with Crippen molar-refractivity contribution >= 4 is 0 Å². The molecule has 1 aromatic rings. The van der Waals surface area contributed by atoms with Crippen LogP contribution in [0.3, 0.4) is 0 Å². The Kier molecular flexibility index (Phi) is 4.03. The Morgan fingerprint density at radius 1 is 1.46 bits per heavy atom. The van der Waals surface area contributed by atoms with Crippen molar-refractivity contribution in [1.29, 1.82) is 0 Å². The minimum Gasteiger partial charge on any atom is -0.468 e. The zero-order valence-electron chi connectivity index (χ0n) is 8.71. The van der Waals surface area contributed by atoms with Gasteiger partial charge in [-0.1, -0.05) is 20.3 Å². The molecule has 0 unspecified atom stereocenters. The van der Waals surface area contributed by atoms with E-state index < -0.39 is 0 Å². The fraction of sp³-hybridized carbons (Fsp3) is 0.636. The van der Waals surface area contributed by atoms with Crippen LogP contribution >= 0.6 is 0 Å². The molecule has 1 N–H and O–H groups in total. The van der Waals surface area contributed by atoms with E-state index in [4.69, 9.17) is 4.42 Å². The largest absolute Gasteiger partial charge is 0.468 e. The molecule has 0 saturated carbocycles. The second kappa shape index (κ2) is 5.07. The summed E-state index contributed by atoms with van der Waals surface area (Å²) in [5.74, 6) is 1.73. The molecule has 0 aromatic carbocycles. The fourth-order valence-electron chi connectivity index (χ4n) is 1.23. The second-order valence-corrected chi connectivity index (χ2v) is 3.63. The lowest BCUT2D eigenvalue weighted by molar-refractivity contribution is 0.370. The Labute approximate surface area is 80.3 Å². The van der Waals surface area contributed by atoms with Gasteiger partial charge >= 0.3 is 0 Å². The van der Waals surface area contributed by atoms with E-state index in [1.165, 1.54) is 6.42 Å². The van der Waals surface area contributed by atoms with E-state index in [9.17, 15) is 0 Å². The van der Waals surface area contributed by atoms with E-state index in [0.717, 1.165) is 18.2 Å². The van der Waals surface area contributed by atoms with Gasteiger partial charge in [-0.3, -0.25) is 0 Å². The highest BCUT2D eigenvalue weighted by atomic mass is 16.3. The average Bonchev–Trinajstić information content (AvgIpc) is 2.65. The molecule has 1 rings (SSSR count). The topological polar surface area (TPSA) is 25.2 Å². The van der Waals surface area contributed by atoms with Crippen LogP contribution < -0.4 is 5.32 Å². The Balaban J connectivity index is 2.26. The summed E-state index contributed by atoms with van der Waals surface area (Å²) in [5, 5.41) is 3.44. The molecule has 0 spiro atoms.